The van der Waals surface area contributed by atoms with E-state index >= 15 is 0 Å². The molecule has 4 aromatic rings. The van der Waals surface area contributed by atoms with Gasteiger partial charge in [-0.25, -0.2) is 9.37 Å². The SMILES string of the molecule is C=CCOc1ccc(C=CC(=O)N(c2ccc(C)c(F)c2)c2nc3ccccc3s2)cc1OC. The summed E-state index contributed by atoms with van der Waals surface area (Å²) < 4.78 is 26.3. The molecule has 0 aliphatic heterocycles. The summed E-state index contributed by atoms with van der Waals surface area (Å²) >= 11 is 1.37. The fraction of sp³-hybridized carbons (Fsp3) is 0.111. The van der Waals surface area contributed by atoms with Crippen molar-refractivity contribution >= 4 is 44.4 Å². The van der Waals surface area contributed by atoms with E-state index in [9.17, 15) is 9.18 Å². The van der Waals surface area contributed by atoms with Crippen LogP contribution in [-0.4, -0.2) is 24.6 Å². The lowest BCUT2D eigenvalue weighted by atomic mass is 10.1. The number of ether oxygens (including phenoxy) is 2. The predicted octanol–water partition coefficient (Wildman–Crippen LogP) is 6.70. The van der Waals surface area contributed by atoms with Gasteiger partial charge in [0.15, 0.2) is 16.6 Å². The van der Waals surface area contributed by atoms with Crippen molar-refractivity contribution in [2.45, 2.75) is 6.92 Å². The Bertz CT molecular complexity index is 1350. The molecule has 3 aromatic carbocycles. The molecule has 0 fully saturated rings. The number of para-hydroxylation sites is 1. The second-order valence-corrected chi connectivity index (χ2v) is 8.42. The predicted molar refractivity (Wildman–Crippen MR) is 136 cm³/mol. The molecular weight excluding hydrogens is 451 g/mol. The average molecular weight is 475 g/mol. The second-order valence-electron chi connectivity index (χ2n) is 7.41. The van der Waals surface area contributed by atoms with Crippen molar-refractivity contribution in [3.05, 3.63) is 96.3 Å². The number of rotatable bonds is 8. The molecule has 34 heavy (non-hydrogen) atoms. The van der Waals surface area contributed by atoms with Crippen molar-refractivity contribution in [2.75, 3.05) is 18.6 Å². The van der Waals surface area contributed by atoms with Gasteiger partial charge in [0.1, 0.15) is 12.4 Å². The number of methoxy groups -OCH3 is 1. The topological polar surface area (TPSA) is 51.7 Å². The smallest absolute Gasteiger partial charge is 0.257 e. The number of benzene rings is 3. The zero-order valence-corrected chi connectivity index (χ0v) is 19.6. The molecule has 5 nitrogen and oxygen atoms in total. The summed E-state index contributed by atoms with van der Waals surface area (Å²) in [4.78, 5) is 19.4. The van der Waals surface area contributed by atoms with Gasteiger partial charge in [-0.2, -0.15) is 0 Å². The van der Waals surface area contributed by atoms with Gasteiger partial charge in [-0.05, 0) is 60.5 Å². The van der Waals surface area contributed by atoms with E-state index in [0.717, 1.165) is 15.8 Å². The maximum atomic E-state index is 14.4. The minimum atomic E-state index is -0.389. The van der Waals surface area contributed by atoms with Gasteiger partial charge in [0, 0.05) is 6.08 Å². The van der Waals surface area contributed by atoms with Crippen molar-refractivity contribution in [2.24, 2.45) is 0 Å². The summed E-state index contributed by atoms with van der Waals surface area (Å²) in [5.41, 5.74) is 2.43. The minimum Gasteiger partial charge on any atom is -0.493 e. The highest BCUT2D eigenvalue weighted by Crippen LogP contribution is 2.34. The molecule has 0 saturated carbocycles. The van der Waals surface area contributed by atoms with Gasteiger partial charge in [-0.3, -0.25) is 9.69 Å². The summed E-state index contributed by atoms with van der Waals surface area (Å²) in [6.45, 7) is 5.68. The number of amides is 1. The molecule has 0 aliphatic rings. The van der Waals surface area contributed by atoms with Crippen LogP contribution in [0.25, 0.3) is 16.3 Å². The van der Waals surface area contributed by atoms with Crippen molar-refractivity contribution in [1.82, 2.24) is 4.98 Å². The van der Waals surface area contributed by atoms with Crippen LogP contribution >= 0.6 is 11.3 Å². The number of nitrogens with zero attached hydrogens (tertiary/aromatic N) is 2. The molecule has 7 heteroatoms. The lowest BCUT2D eigenvalue weighted by molar-refractivity contribution is -0.113. The number of anilines is 2. The molecule has 1 heterocycles. The van der Waals surface area contributed by atoms with Crippen LogP contribution in [0.2, 0.25) is 0 Å². The Morgan fingerprint density at radius 2 is 1.97 bits per heavy atom. The fourth-order valence-electron chi connectivity index (χ4n) is 3.31. The molecule has 0 aliphatic carbocycles. The third kappa shape index (κ3) is 5.00. The summed E-state index contributed by atoms with van der Waals surface area (Å²) in [7, 11) is 1.55. The van der Waals surface area contributed by atoms with E-state index in [2.05, 4.69) is 11.6 Å². The van der Waals surface area contributed by atoms with Crippen LogP contribution < -0.4 is 14.4 Å². The van der Waals surface area contributed by atoms with E-state index in [1.54, 1.807) is 50.5 Å². The quantitative estimate of drug-likeness (QED) is 0.211. The number of halogens is 1. The summed E-state index contributed by atoms with van der Waals surface area (Å²) in [5, 5.41) is 0.463. The summed E-state index contributed by atoms with van der Waals surface area (Å²) in [6, 6.07) is 17.7. The molecule has 0 saturated heterocycles. The van der Waals surface area contributed by atoms with Gasteiger partial charge in [-0.15, -0.1) is 0 Å². The minimum absolute atomic E-state index is 0.353. The molecule has 0 atom stereocenters. The number of thiazole rings is 1. The first-order valence-electron chi connectivity index (χ1n) is 10.6. The number of fused-ring (bicyclic) bond motifs is 1. The first kappa shape index (κ1) is 23.2. The zero-order chi connectivity index (χ0) is 24.1. The van der Waals surface area contributed by atoms with Crippen LogP contribution in [0.3, 0.4) is 0 Å². The molecule has 0 radical (unpaired) electrons. The molecule has 0 unspecified atom stereocenters. The first-order chi connectivity index (χ1) is 16.5. The van der Waals surface area contributed by atoms with Crippen molar-refractivity contribution < 1.29 is 18.7 Å². The average Bonchev–Trinajstić information content (AvgIpc) is 3.27. The molecule has 172 valence electrons. The Labute approximate surface area is 201 Å². The van der Waals surface area contributed by atoms with Gasteiger partial charge < -0.3 is 9.47 Å². The molecule has 1 aromatic heterocycles. The third-order valence-corrected chi connectivity index (χ3v) is 6.09. The van der Waals surface area contributed by atoms with E-state index in [1.165, 1.54) is 28.4 Å². The maximum Gasteiger partial charge on any atom is 0.257 e. The van der Waals surface area contributed by atoms with Crippen molar-refractivity contribution in [3.8, 4) is 11.5 Å². The van der Waals surface area contributed by atoms with Gasteiger partial charge in [0.2, 0.25) is 0 Å². The van der Waals surface area contributed by atoms with Crippen LogP contribution in [0.15, 0.2) is 79.4 Å². The molecule has 1 amide bonds. The van der Waals surface area contributed by atoms with Crippen LogP contribution in [0.5, 0.6) is 11.5 Å². The van der Waals surface area contributed by atoms with E-state index in [1.807, 2.05) is 30.3 Å². The monoisotopic (exact) mass is 474 g/mol. The standard InChI is InChI=1S/C27H23FN2O3S/c1-4-15-33-23-13-10-19(16-24(23)32-3)11-14-26(31)30(20-12-9-18(2)21(28)17-20)27-29-22-7-5-6-8-25(22)34-27/h4-14,16-17H,1,15H2,2-3H3. The second kappa shape index (κ2) is 10.3. The highest BCUT2D eigenvalue weighted by atomic mass is 32.1. The van der Waals surface area contributed by atoms with Gasteiger partial charge >= 0.3 is 0 Å². The Balaban J connectivity index is 1.68. The van der Waals surface area contributed by atoms with Gasteiger partial charge in [0.25, 0.3) is 5.91 Å². The van der Waals surface area contributed by atoms with Crippen LogP contribution in [0.1, 0.15) is 11.1 Å². The number of carbonyl (C=O) groups excluding carboxylic acids is 1. The molecule has 0 bridgehead atoms. The molecule has 4 rings (SSSR count). The first-order valence-corrected chi connectivity index (χ1v) is 11.4. The largest absolute Gasteiger partial charge is 0.493 e. The third-order valence-electron chi connectivity index (χ3n) is 5.07. The lowest BCUT2D eigenvalue weighted by Crippen LogP contribution is -2.23. The Morgan fingerprint density at radius 3 is 2.71 bits per heavy atom. The van der Waals surface area contributed by atoms with E-state index in [-0.39, 0.29) is 11.7 Å². The van der Waals surface area contributed by atoms with Crippen LogP contribution in [-0.2, 0) is 4.79 Å². The Hall–Kier alpha value is -3.97. The molecule has 0 N–H and O–H groups in total. The van der Waals surface area contributed by atoms with E-state index in [0.29, 0.717) is 34.5 Å². The molecular formula is C27H23FN2O3S. The number of aromatic nitrogens is 1. The van der Waals surface area contributed by atoms with Crippen molar-refractivity contribution in [3.63, 3.8) is 0 Å². The highest BCUT2D eigenvalue weighted by molar-refractivity contribution is 7.22. The normalized spacial score (nSPS) is 11.0. The molecule has 0 spiro atoms. The number of hydrogen-bond donors (Lipinski definition) is 0. The van der Waals surface area contributed by atoms with Crippen molar-refractivity contribution in [1.29, 1.82) is 0 Å². The number of aryl methyl sites for hydroxylation is 1. The lowest BCUT2D eigenvalue weighted by Gasteiger charge is -2.19. The van der Waals surface area contributed by atoms with E-state index < -0.39 is 0 Å². The van der Waals surface area contributed by atoms with Crippen LogP contribution in [0.4, 0.5) is 15.2 Å². The number of carbonyl (C=O) groups is 1. The van der Waals surface area contributed by atoms with E-state index in [4.69, 9.17) is 9.47 Å². The Morgan fingerprint density at radius 1 is 1.15 bits per heavy atom. The Kier molecular flexibility index (Phi) is 7.04. The zero-order valence-electron chi connectivity index (χ0n) is 18.8. The maximum absolute atomic E-state index is 14.4. The van der Waals surface area contributed by atoms with Gasteiger partial charge in [0.05, 0.1) is 23.0 Å². The number of hydrogen-bond acceptors (Lipinski definition) is 5. The summed E-state index contributed by atoms with van der Waals surface area (Å²) in [5.74, 6) is 0.380. The fourth-order valence-corrected chi connectivity index (χ4v) is 4.30. The summed E-state index contributed by atoms with van der Waals surface area (Å²) in [6.07, 6.45) is 4.76. The van der Waals surface area contributed by atoms with Gasteiger partial charge in [-0.1, -0.05) is 48.3 Å². The van der Waals surface area contributed by atoms with Crippen LogP contribution in [0, 0.1) is 12.7 Å². The highest BCUT2D eigenvalue weighted by Gasteiger charge is 2.21.